The van der Waals surface area contributed by atoms with Gasteiger partial charge in [-0.15, -0.1) is 0 Å². The number of nitrogens with zero attached hydrogens (tertiary/aromatic N) is 2. The maximum absolute atomic E-state index is 10.5. The molecule has 0 fully saturated rings. The Morgan fingerprint density at radius 1 is 1.38 bits per heavy atom. The molecule has 13 heavy (non-hydrogen) atoms. The Labute approximate surface area is 73.4 Å². The van der Waals surface area contributed by atoms with Crippen LogP contribution >= 0.6 is 0 Å². The summed E-state index contributed by atoms with van der Waals surface area (Å²) < 4.78 is 1.41. The van der Waals surface area contributed by atoms with Crippen molar-refractivity contribution >= 4 is 11.9 Å². The van der Waals surface area contributed by atoms with E-state index in [-0.39, 0.29) is 6.54 Å². The Bertz CT molecular complexity index is 292. The number of carboxylic acid groups (broad SMARTS) is 2. The quantitative estimate of drug-likeness (QED) is 0.625. The molecule has 0 amide bonds. The van der Waals surface area contributed by atoms with E-state index in [1.54, 1.807) is 0 Å². The fraction of sp³-hybridized carbons (Fsp3) is 0.286. The molecular formula is C7H8N2O4. The molecule has 0 aliphatic carbocycles. The highest BCUT2D eigenvalue weighted by Crippen LogP contribution is 2.01. The largest absolute Gasteiger partial charge is 0.481 e. The zero-order valence-corrected chi connectivity index (χ0v) is 6.62. The van der Waals surface area contributed by atoms with Crippen LogP contribution in [0.5, 0.6) is 0 Å². The van der Waals surface area contributed by atoms with E-state index in [0.717, 1.165) is 0 Å². The van der Waals surface area contributed by atoms with Gasteiger partial charge < -0.3 is 14.8 Å². The average Bonchev–Trinajstić information content (AvgIpc) is 2.50. The summed E-state index contributed by atoms with van der Waals surface area (Å²) in [5, 5.41) is 17.1. The van der Waals surface area contributed by atoms with Gasteiger partial charge in [-0.25, -0.2) is 4.98 Å². The highest BCUT2D eigenvalue weighted by Gasteiger charge is 2.25. The summed E-state index contributed by atoms with van der Waals surface area (Å²) in [4.78, 5) is 24.6. The lowest BCUT2D eigenvalue weighted by atomic mass is 10.1. The molecule has 2 N–H and O–H groups in total. The number of hydrogen-bond acceptors (Lipinski definition) is 3. The molecule has 0 aromatic carbocycles. The van der Waals surface area contributed by atoms with Crippen LogP contribution in [-0.2, 0) is 16.1 Å². The molecule has 0 aliphatic rings. The van der Waals surface area contributed by atoms with E-state index in [2.05, 4.69) is 4.98 Å². The second kappa shape index (κ2) is 3.70. The van der Waals surface area contributed by atoms with Gasteiger partial charge in [0.1, 0.15) is 0 Å². The summed E-state index contributed by atoms with van der Waals surface area (Å²) in [5.41, 5.74) is 0. The van der Waals surface area contributed by atoms with Gasteiger partial charge in [-0.3, -0.25) is 9.59 Å². The van der Waals surface area contributed by atoms with Gasteiger partial charge in [0.2, 0.25) is 0 Å². The molecule has 1 rings (SSSR count). The van der Waals surface area contributed by atoms with Gasteiger partial charge in [0.15, 0.2) is 5.92 Å². The molecule has 0 spiro atoms. The molecular weight excluding hydrogens is 176 g/mol. The number of imidazole rings is 1. The van der Waals surface area contributed by atoms with Crippen molar-refractivity contribution in [1.82, 2.24) is 9.55 Å². The average molecular weight is 184 g/mol. The van der Waals surface area contributed by atoms with Gasteiger partial charge >= 0.3 is 11.9 Å². The topological polar surface area (TPSA) is 92.4 Å². The van der Waals surface area contributed by atoms with Crippen LogP contribution in [-0.4, -0.2) is 31.7 Å². The van der Waals surface area contributed by atoms with E-state index < -0.39 is 17.9 Å². The van der Waals surface area contributed by atoms with E-state index in [0.29, 0.717) is 0 Å². The van der Waals surface area contributed by atoms with E-state index >= 15 is 0 Å². The van der Waals surface area contributed by atoms with Crippen LogP contribution in [0.1, 0.15) is 0 Å². The third-order valence-electron chi connectivity index (χ3n) is 1.55. The minimum atomic E-state index is -1.42. The molecule has 0 unspecified atom stereocenters. The minimum Gasteiger partial charge on any atom is -0.481 e. The molecule has 0 saturated heterocycles. The molecule has 0 bridgehead atoms. The predicted molar refractivity (Wildman–Crippen MR) is 41.0 cm³/mol. The number of carbonyl (C=O) groups is 2. The van der Waals surface area contributed by atoms with Crippen molar-refractivity contribution in [1.29, 1.82) is 0 Å². The number of aromatic nitrogens is 2. The molecule has 70 valence electrons. The van der Waals surface area contributed by atoms with Gasteiger partial charge in [0.25, 0.3) is 0 Å². The molecule has 0 atom stereocenters. The van der Waals surface area contributed by atoms with Crippen LogP contribution in [0.2, 0.25) is 0 Å². The number of carboxylic acids is 2. The van der Waals surface area contributed by atoms with Crippen molar-refractivity contribution in [3.05, 3.63) is 18.7 Å². The van der Waals surface area contributed by atoms with E-state index in [1.165, 1.54) is 23.3 Å². The lowest BCUT2D eigenvalue weighted by Crippen LogP contribution is -2.27. The molecule has 0 saturated carbocycles. The Balaban J connectivity index is 2.69. The number of rotatable bonds is 4. The van der Waals surface area contributed by atoms with Gasteiger partial charge in [0.05, 0.1) is 6.33 Å². The van der Waals surface area contributed by atoms with Crippen LogP contribution in [0.4, 0.5) is 0 Å². The normalized spacial score (nSPS) is 10.2. The standard InChI is InChI=1S/C7H8N2O4/c10-6(11)5(7(12)13)3-9-2-1-8-4-9/h1-2,4-5H,3H2,(H,10,11)(H,12,13). The second-order valence-electron chi connectivity index (χ2n) is 2.49. The molecule has 6 nitrogen and oxygen atoms in total. The van der Waals surface area contributed by atoms with Gasteiger partial charge in [-0.2, -0.15) is 0 Å². The predicted octanol–water partition coefficient (Wildman–Crippen LogP) is -0.331. The third kappa shape index (κ3) is 2.29. The number of hydrogen-bond donors (Lipinski definition) is 2. The van der Waals surface area contributed by atoms with Gasteiger partial charge in [-0.05, 0) is 0 Å². The maximum atomic E-state index is 10.5. The Morgan fingerprint density at radius 2 is 2.00 bits per heavy atom. The first-order valence-electron chi connectivity index (χ1n) is 3.52. The first kappa shape index (κ1) is 9.24. The Morgan fingerprint density at radius 3 is 2.38 bits per heavy atom. The second-order valence-corrected chi connectivity index (χ2v) is 2.49. The van der Waals surface area contributed by atoms with Crippen molar-refractivity contribution in [2.45, 2.75) is 6.54 Å². The fourth-order valence-electron chi connectivity index (χ4n) is 0.867. The monoisotopic (exact) mass is 184 g/mol. The summed E-state index contributed by atoms with van der Waals surface area (Å²) in [7, 11) is 0. The summed E-state index contributed by atoms with van der Waals surface area (Å²) >= 11 is 0. The zero-order valence-electron chi connectivity index (χ0n) is 6.62. The van der Waals surface area contributed by atoms with Crippen molar-refractivity contribution < 1.29 is 19.8 Å². The summed E-state index contributed by atoms with van der Waals surface area (Å²) in [6.07, 6.45) is 4.35. The van der Waals surface area contributed by atoms with Crippen LogP contribution < -0.4 is 0 Å². The summed E-state index contributed by atoms with van der Waals surface area (Å²) in [5.74, 6) is -4.11. The van der Waals surface area contributed by atoms with Crippen molar-refractivity contribution in [3.63, 3.8) is 0 Å². The molecule has 6 heteroatoms. The van der Waals surface area contributed by atoms with Crippen molar-refractivity contribution in [2.24, 2.45) is 5.92 Å². The molecule has 1 heterocycles. The van der Waals surface area contributed by atoms with Crippen molar-refractivity contribution in [2.75, 3.05) is 0 Å². The number of aliphatic carboxylic acids is 2. The zero-order chi connectivity index (χ0) is 9.84. The Kier molecular flexibility index (Phi) is 2.63. The van der Waals surface area contributed by atoms with Gasteiger partial charge in [0, 0.05) is 18.9 Å². The SMILES string of the molecule is O=C(O)C(Cn1ccnc1)C(=O)O. The molecule has 1 aromatic rings. The summed E-state index contributed by atoms with van der Waals surface area (Å²) in [6, 6.07) is 0. The summed E-state index contributed by atoms with van der Waals surface area (Å²) in [6.45, 7) is -0.106. The molecule has 0 radical (unpaired) electrons. The lowest BCUT2D eigenvalue weighted by Gasteiger charge is -2.06. The first-order valence-corrected chi connectivity index (χ1v) is 3.52. The lowest BCUT2D eigenvalue weighted by molar-refractivity contribution is -0.155. The highest BCUT2D eigenvalue weighted by molar-refractivity contribution is 5.92. The highest BCUT2D eigenvalue weighted by atomic mass is 16.4. The smallest absolute Gasteiger partial charge is 0.319 e. The maximum Gasteiger partial charge on any atom is 0.319 e. The Hall–Kier alpha value is -1.85. The van der Waals surface area contributed by atoms with Crippen LogP contribution in [0.3, 0.4) is 0 Å². The minimum absolute atomic E-state index is 0.106. The van der Waals surface area contributed by atoms with Crippen molar-refractivity contribution in [3.8, 4) is 0 Å². The van der Waals surface area contributed by atoms with Crippen LogP contribution in [0, 0.1) is 5.92 Å². The molecule has 1 aromatic heterocycles. The van der Waals surface area contributed by atoms with Crippen LogP contribution in [0.25, 0.3) is 0 Å². The van der Waals surface area contributed by atoms with E-state index in [9.17, 15) is 9.59 Å². The van der Waals surface area contributed by atoms with E-state index in [4.69, 9.17) is 10.2 Å². The third-order valence-corrected chi connectivity index (χ3v) is 1.55. The molecule has 0 aliphatic heterocycles. The van der Waals surface area contributed by atoms with Crippen LogP contribution in [0.15, 0.2) is 18.7 Å². The van der Waals surface area contributed by atoms with Gasteiger partial charge in [-0.1, -0.05) is 0 Å². The van der Waals surface area contributed by atoms with E-state index in [1.807, 2.05) is 0 Å². The first-order chi connectivity index (χ1) is 6.11. The fourth-order valence-corrected chi connectivity index (χ4v) is 0.867.